The summed E-state index contributed by atoms with van der Waals surface area (Å²) in [5, 5.41) is 125. The van der Waals surface area contributed by atoms with Crippen LogP contribution in [0.3, 0.4) is 0 Å². The van der Waals surface area contributed by atoms with Gasteiger partial charge in [-0.3, -0.25) is 33.8 Å². The summed E-state index contributed by atoms with van der Waals surface area (Å²) in [5.74, 6) is -16.2. The molecule has 14 N–H and O–H groups in total. The number of halogens is 2. The first-order valence-corrected chi connectivity index (χ1v) is 48.0. The van der Waals surface area contributed by atoms with E-state index in [2.05, 4.69) is 20.6 Å². The number of hydrazone groups is 1. The first kappa shape index (κ1) is 112. The number of ketones is 2. The molecule has 4 aromatic rings. The van der Waals surface area contributed by atoms with Gasteiger partial charge < -0.3 is 139 Å². The molecule has 9 heterocycles. The number of ether oxygens (including phenoxy) is 11. The number of carbonyl (C=O) groups is 6. The summed E-state index contributed by atoms with van der Waals surface area (Å²) < 4.78 is 99.7. The Labute approximate surface area is 811 Å². The van der Waals surface area contributed by atoms with Crippen molar-refractivity contribution in [2.24, 2.45) is 52.4 Å². The van der Waals surface area contributed by atoms with Crippen molar-refractivity contribution in [1.82, 2.24) is 24.7 Å². The molecule has 1 saturated carbocycles. The molecule has 0 unspecified atom stereocenters. The van der Waals surface area contributed by atoms with E-state index in [4.69, 9.17) is 57.8 Å². The van der Waals surface area contributed by atoms with Crippen LogP contribution in [0.2, 0.25) is 0 Å². The minimum absolute atomic E-state index is 0.0134. The van der Waals surface area contributed by atoms with Crippen LogP contribution in [0.25, 0.3) is 21.7 Å². The standard InChI is InChI=1S/C43H58N4O12.C38H69NO13.C19H22F2N4O3/c1-21-12-11-13-22(2)42(55)45-33-28(20-44-47-17-15-46(9)16-18-47)37(52)30-31(38(33)53)36(51)26(6)40-32(30)41(54)43(8,59-40)57-19-14-29(56-10)23(3)39(58-27(7)48)25(5)35(50)24(4)34(21)49;1-15-26-38(10,45)31(42)21(4)28(40)19(2)17-37(9,47-14)33(52-35-29(41)25(39(11)12)16-20(3)48-35)22(5)30(23(6)34(44)50-26)51-27-18-36(8,46-13)32(43)24(7)49-27;1-8-5-24(6-9(2)23-8)17-13(20)15(22)12-16(14(17)21)25(10-3-4-10)7-11(18(12)26)19(27)28/h11-14,19-21,23-25,29,34-35,39,49-53H,15-18H2,1-10H3,(H,45,55);19-27,29-33,35,41-43,45H,15-18H2,1-14H3;7-10,23H,3-6,22H2,1-2H3,(H,27,28)/b12-11+,19-14+,22-13-,44-20-;;/t21-,23-,24+,25+,29-,34+,35+,39+,43-;19-,20-,21+,22+,23-,24+,25+,26-,27+,29-,30+,31-,32+,33-,35+,36-,37-,38-;8-,9+/m01./s1. The number of phenols is 3. The molecule has 1 aromatic heterocycles. The Morgan fingerprint density at radius 2 is 1.37 bits per heavy atom. The number of aromatic carboxylic acids is 1. The third-order valence-electron chi connectivity index (χ3n) is 29.5. The van der Waals surface area contributed by atoms with E-state index in [1.165, 1.54) is 85.1 Å². The number of nitrogens with zero attached hydrogens (tertiary/aromatic N) is 6. The Bertz CT molecular complexity index is 5290. The van der Waals surface area contributed by atoms with Crippen molar-refractivity contribution >= 4 is 80.3 Å². The zero-order valence-corrected chi connectivity index (χ0v) is 84.9. The number of Topliss-reactive ketones (excluding diaryl/α,β-unsaturated/α-hetero) is 2. The van der Waals surface area contributed by atoms with Crippen LogP contribution in [0.1, 0.15) is 208 Å². The maximum absolute atomic E-state index is 15.6. The molecule has 29 atom stereocenters. The number of carboxylic acids is 1. The van der Waals surface area contributed by atoms with Gasteiger partial charge in [-0.25, -0.2) is 13.6 Å². The van der Waals surface area contributed by atoms with Gasteiger partial charge in [0.25, 0.3) is 11.7 Å². The lowest BCUT2D eigenvalue weighted by atomic mass is 9.74. The summed E-state index contributed by atoms with van der Waals surface area (Å²) >= 11 is 0. The number of rotatable bonds is 15. The number of anilines is 3. The molecular formula is C100H149F2N9O28. The van der Waals surface area contributed by atoms with Crippen molar-refractivity contribution in [2.45, 2.75) is 310 Å². The quantitative estimate of drug-likeness (QED) is 0.0174. The average molecular weight is 1960 g/mol. The summed E-state index contributed by atoms with van der Waals surface area (Å²) in [6.07, 6.45) is -1.26. The van der Waals surface area contributed by atoms with E-state index in [0.717, 1.165) is 32.1 Å². The average Bonchev–Trinajstić information content (AvgIpc) is 1.56. The van der Waals surface area contributed by atoms with Crippen molar-refractivity contribution in [3.63, 3.8) is 0 Å². The first-order chi connectivity index (χ1) is 64.9. The highest BCUT2D eigenvalue weighted by molar-refractivity contribution is 6.24. The second-order valence-electron chi connectivity index (χ2n) is 40.6. The monoisotopic (exact) mass is 1960 g/mol. The van der Waals surface area contributed by atoms with Gasteiger partial charge in [0.05, 0.1) is 117 Å². The number of aromatic hydroxyl groups is 3. The van der Waals surface area contributed by atoms with E-state index in [1.54, 1.807) is 98.2 Å². The molecule has 0 radical (unpaired) electrons. The van der Waals surface area contributed by atoms with Crippen LogP contribution in [0.4, 0.5) is 25.8 Å². The number of methoxy groups -OCH3 is 3. The Morgan fingerprint density at radius 1 is 0.741 bits per heavy atom. The Kier molecular flexibility index (Phi) is 36.4. The zero-order chi connectivity index (χ0) is 104. The van der Waals surface area contributed by atoms with Crippen LogP contribution < -0.4 is 31.4 Å². The Hall–Kier alpha value is -9.14. The topological polar surface area (TPSA) is 504 Å². The van der Waals surface area contributed by atoms with Gasteiger partial charge in [-0.2, -0.15) is 5.10 Å². The van der Waals surface area contributed by atoms with Gasteiger partial charge in [-0.05, 0) is 129 Å². The molecular weight excluding hydrogens is 1810 g/mol. The van der Waals surface area contributed by atoms with Gasteiger partial charge in [-0.15, -0.1) is 0 Å². The molecule has 139 heavy (non-hydrogen) atoms. The largest absolute Gasteiger partial charge is 0.507 e. The van der Waals surface area contributed by atoms with Gasteiger partial charge in [0.2, 0.25) is 5.43 Å². The number of pyridine rings is 1. The molecule has 37 nitrogen and oxygen atoms in total. The third-order valence-corrected chi connectivity index (χ3v) is 29.5. The number of hydrogen-bond donors (Lipinski definition) is 13. The SMILES string of the molecule is CC[C@H]1OC(=O)[C@H](C)[C@@H](O[C@H]2C[C@@](C)(OC)[C@@H](O)[C@H](C)O2)[C@H](C)[C@@H](O[C@@H]2O[C@H](C)C[C@H](N(C)C)[C@H]2O)[C@](C)(OC)C[C@@H](C)C(=O)[C@H](C)[C@@H](O)[C@]1(C)O.CO[C@H]1/C=C/O[C@@]2(C)Oc3c(C)c(O)c4c(O)c(c(/C=N\N5CCN(C)CC5)c(O)c4c3C2=O)NC(=O)/C(C)=C\C=C\[C@H](C)[C@@H](O)[C@@H](C)[C@@H](O)[C@@H](C)[C@H](OC(C)=O)[C@H]1C.C[C@@H]1CN(c2c(F)c(N)c3c(=O)c(C(=O)O)cn(C4CC4)c3c2F)C[C@H](C)N1. The normalized spacial score (nSPS) is 36.5. The second kappa shape index (κ2) is 45.2. The number of carbonyl (C=O) groups excluding carboxylic acids is 5. The van der Waals surface area contributed by atoms with Crippen molar-refractivity contribution in [1.29, 1.82) is 0 Å². The van der Waals surface area contributed by atoms with E-state index in [9.17, 15) is 84.6 Å². The first-order valence-electron chi connectivity index (χ1n) is 48.0. The van der Waals surface area contributed by atoms with E-state index >= 15 is 8.78 Å². The zero-order valence-electron chi connectivity index (χ0n) is 84.9. The lowest BCUT2D eigenvalue weighted by molar-refractivity contribution is -0.319. The number of nitrogens with one attached hydrogen (secondary N) is 2. The number of fused-ring (bicyclic) bond motifs is 15. The number of esters is 2. The summed E-state index contributed by atoms with van der Waals surface area (Å²) in [7, 11) is 10.2. The van der Waals surface area contributed by atoms with Crippen LogP contribution in [0.5, 0.6) is 23.0 Å². The van der Waals surface area contributed by atoms with Gasteiger partial charge in [0.1, 0.15) is 64.3 Å². The van der Waals surface area contributed by atoms with Crippen LogP contribution >= 0.6 is 0 Å². The molecule has 1 amide bonds. The number of aliphatic hydroxyl groups excluding tert-OH is 5. The molecule has 5 bridgehead atoms. The number of benzene rings is 3. The number of phenolic OH excluding ortho intramolecular Hbond substituents is 3. The highest BCUT2D eigenvalue weighted by Gasteiger charge is 2.56. The number of hydrogen-bond acceptors (Lipinski definition) is 34. The number of aromatic nitrogens is 1. The van der Waals surface area contributed by atoms with Crippen molar-refractivity contribution in [2.75, 3.05) is 97.7 Å². The van der Waals surface area contributed by atoms with Crippen LogP contribution in [-0.2, 0) is 66.5 Å². The summed E-state index contributed by atoms with van der Waals surface area (Å²) in [6.45, 7) is 36.7. The molecule has 1 aliphatic carbocycles. The molecule has 776 valence electrons. The number of likely N-dealkylation sites (N-methyl/N-ethyl adjacent to an activating group) is 2. The third kappa shape index (κ3) is 23.5. The highest BCUT2D eigenvalue weighted by Crippen LogP contribution is 2.56. The number of allylic oxidation sites excluding steroid dienone is 2. The smallest absolute Gasteiger partial charge is 0.341 e. The number of nitrogens with two attached hydrogens (primary N) is 1. The summed E-state index contributed by atoms with van der Waals surface area (Å²) in [5.41, 5.74) is -1.06. The molecule has 13 rings (SSSR count). The predicted molar refractivity (Wildman–Crippen MR) is 514 cm³/mol. The maximum atomic E-state index is 15.6. The van der Waals surface area contributed by atoms with Crippen molar-refractivity contribution in [3.05, 3.63) is 86.4 Å². The maximum Gasteiger partial charge on any atom is 0.341 e. The van der Waals surface area contributed by atoms with Gasteiger partial charge in [-0.1, -0.05) is 73.6 Å². The number of carboxylic acid groups (broad SMARTS) is 1. The van der Waals surface area contributed by atoms with E-state index in [1.807, 2.05) is 53.7 Å². The molecule has 8 aliphatic heterocycles. The molecule has 9 aliphatic rings. The molecule has 0 spiro atoms. The minimum atomic E-state index is -2.04. The fraction of sp³-hybridized carbons (Fsp3) is 0.680. The van der Waals surface area contributed by atoms with E-state index < -0.39 is 230 Å². The number of nitrogen functional groups attached to an aromatic ring is 1. The van der Waals surface area contributed by atoms with Gasteiger partial charge in [0, 0.05) is 169 Å². The minimum Gasteiger partial charge on any atom is -0.507 e. The second-order valence-corrected chi connectivity index (χ2v) is 40.6. The number of piperazine rings is 2. The summed E-state index contributed by atoms with van der Waals surface area (Å²) in [6, 6.07) is -0.387. The molecule has 5 saturated heterocycles. The Morgan fingerprint density at radius 3 is 1.94 bits per heavy atom. The highest BCUT2D eigenvalue weighted by atomic mass is 19.1. The lowest BCUT2D eigenvalue weighted by Gasteiger charge is -2.50. The fourth-order valence-electron chi connectivity index (χ4n) is 20.6. The predicted octanol–water partition coefficient (Wildman–Crippen LogP) is 8.86. The van der Waals surface area contributed by atoms with Gasteiger partial charge in [0.15, 0.2) is 30.0 Å². The number of aliphatic hydroxyl groups is 6. The van der Waals surface area contributed by atoms with Crippen molar-refractivity contribution < 1.29 is 141 Å². The summed E-state index contributed by atoms with van der Waals surface area (Å²) in [4.78, 5) is 98.4. The van der Waals surface area contributed by atoms with Gasteiger partial charge >= 0.3 is 23.7 Å². The number of cyclic esters (lactones) is 1. The van der Waals surface area contributed by atoms with Crippen LogP contribution in [-0.4, -0.2) is 320 Å². The molecule has 39 heteroatoms. The molecule has 6 fully saturated rings. The van der Waals surface area contributed by atoms with Crippen LogP contribution in [0, 0.1) is 65.9 Å². The van der Waals surface area contributed by atoms with Crippen molar-refractivity contribution in [3.8, 4) is 23.0 Å². The Balaban J connectivity index is 0.000000227. The van der Waals surface area contributed by atoms with E-state index in [0.29, 0.717) is 32.6 Å². The van der Waals surface area contributed by atoms with E-state index in [-0.39, 0.29) is 111 Å². The number of amides is 1. The van der Waals surface area contributed by atoms with Crippen LogP contribution in [0.15, 0.2) is 52.2 Å². The lowest BCUT2D eigenvalue weighted by Crippen LogP contribution is -2.61. The fourth-order valence-corrected chi connectivity index (χ4v) is 20.6. The molecule has 3 aromatic carbocycles.